The van der Waals surface area contributed by atoms with E-state index in [1.54, 1.807) is 29.5 Å². The number of anilines is 1. The molecule has 1 aromatic carbocycles. The van der Waals surface area contributed by atoms with Gasteiger partial charge in [-0.1, -0.05) is 0 Å². The fraction of sp³-hybridized carbons (Fsp3) is 0.412. The third-order valence-electron chi connectivity index (χ3n) is 3.73. The molecule has 6 nitrogen and oxygen atoms in total. The number of benzene rings is 1. The summed E-state index contributed by atoms with van der Waals surface area (Å²) in [5.41, 5.74) is 1.78. The summed E-state index contributed by atoms with van der Waals surface area (Å²) < 4.78 is 11.0. The Morgan fingerprint density at radius 2 is 2.04 bits per heavy atom. The van der Waals surface area contributed by atoms with Gasteiger partial charge in [0.25, 0.3) is 0 Å². The van der Waals surface area contributed by atoms with Crippen LogP contribution in [0.4, 0.5) is 10.5 Å². The maximum Gasteiger partial charge on any atom is 0.319 e. The van der Waals surface area contributed by atoms with E-state index in [0.717, 1.165) is 23.5 Å². The Hall–Kier alpha value is -2.28. The summed E-state index contributed by atoms with van der Waals surface area (Å²) in [5.74, 6) is 1.37. The molecule has 7 heteroatoms. The van der Waals surface area contributed by atoms with E-state index in [1.165, 1.54) is 4.88 Å². The van der Waals surface area contributed by atoms with E-state index in [0.29, 0.717) is 36.9 Å². The van der Waals surface area contributed by atoms with E-state index < -0.39 is 0 Å². The minimum atomic E-state index is -0.224. The monoisotopic (exact) mass is 347 g/mol. The first-order valence-corrected chi connectivity index (χ1v) is 8.81. The second kappa shape index (κ2) is 7.53. The highest BCUT2D eigenvalue weighted by atomic mass is 32.1. The maximum absolute atomic E-state index is 11.9. The van der Waals surface area contributed by atoms with Gasteiger partial charge in [-0.3, -0.25) is 0 Å². The molecule has 0 spiro atoms. The number of urea groups is 1. The Kier molecular flexibility index (Phi) is 5.20. The number of fused-ring (bicyclic) bond motifs is 1. The zero-order valence-corrected chi connectivity index (χ0v) is 14.7. The van der Waals surface area contributed by atoms with Crippen molar-refractivity contribution in [3.63, 3.8) is 0 Å². The van der Waals surface area contributed by atoms with Crippen molar-refractivity contribution in [1.82, 2.24) is 10.3 Å². The highest BCUT2D eigenvalue weighted by molar-refractivity contribution is 7.11. The number of nitrogens with one attached hydrogen (secondary N) is 2. The number of hydrogen-bond acceptors (Lipinski definition) is 5. The van der Waals surface area contributed by atoms with Gasteiger partial charge in [0.15, 0.2) is 11.5 Å². The van der Waals surface area contributed by atoms with Crippen molar-refractivity contribution in [2.75, 3.05) is 25.1 Å². The number of amides is 2. The second-order valence-corrected chi connectivity index (χ2v) is 6.88. The van der Waals surface area contributed by atoms with Crippen molar-refractivity contribution < 1.29 is 14.3 Å². The van der Waals surface area contributed by atoms with E-state index >= 15 is 0 Å². The first kappa shape index (κ1) is 16.6. The lowest BCUT2D eigenvalue weighted by Crippen LogP contribution is -2.29. The fourth-order valence-electron chi connectivity index (χ4n) is 2.38. The van der Waals surface area contributed by atoms with Crippen LogP contribution in [-0.2, 0) is 6.42 Å². The molecule has 2 aromatic rings. The lowest BCUT2D eigenvalue weighted by atomic mass is 10.2. The summed E-state index contributed by atoms with van der Waals surface area (Å²) in [7, 11) is 0. The molecule has 0 radical (unpaired) electrons. The quantitative estimate of drug-likeness (QED) is 0.814. The number of hydrogen-bond donors (Lipinski definition) is 2. The van der Waals surface area contributed by atoms with Crippen molar-refractivity contribution in [2.24, 2.45) is 0 Å². The molecule has 0 saturated heterocycles. The number of carbonyl (C=O) groups is 1. The van der Waals surface area contributed by atoms with Crippen LogP contribution in [-0.4, -0.2) is 30.8 Å². The van der Waals surface area contributed by atoms with E-state index in [4.69, 9.17) is 9.47 Å². The van der Waals surface area contributed by atoms with Gasteiger partial charge in [-0.25, -0.2) is 9.78 Å². The van der Waals surface area contributed by atoms with Crippen LogP contribution in [0.5, 0.6) is 11.5 Å². The van der Waals surface area contributed by atoms with Gasteiger partial charge in [-0.2, -0.15) is 0 Å². The van der Waals surface area contributed by atoms with Crippen LogP contribution in [0.2, 0.25) is 0 Å². The zero-order valence-electron chi connectivity index (χ0n) is 13.8. The molecule has 0 fully saturated rings. The lowest BCUT2D eigenvalue weighted by molar-refractivity contribution is 0.171. The Morgan fingerprint density at radius 1 is 1.25 bits per heavy atom. The Balaban J connectivity index is 1.42. The molecule has 0 saturated carbocycles. The van der Waals surface area contributed by atoms with Crippen molar-refractivity contribution in [1.29, 1.82) is 0 Å². The van der Waals surface area contributed by atoms with Crippen LogP contribution in [0, 0.1) is 13.8 Å². The van der Waals surface area contributed by atoms with Gasteiger partial charge in [0, 0.05) is 29.6 Å². The molecule has 128 valence electrons. The lowest BCUT2D eigenvalue weighted by Gasteiger charge is -2.19. The van der Waals surface area contributed by atoms with E-state index in [9.17, 15) is 4.79 Å². The normalized spacial score (nSPS) is 12.8. The summed E-state index contributed by atoms with van der Waals surface area (Å²) in [6.45, 7) is 5.79. The number of ether oxygens (including phenoxy) is 2. The average molecular weight is 347 g/mol. The summed E-state index contributed by atoms with van der Waals surface area (Å²) in [6, 6.07) is 5.15. The van der Waals surface area contributed by atoms with E-state index in [1.807, 2.05) is 6.92 Å². The van der Waals surface area contributed by atoms with Crippen LogP contribution in [0.1, 0.15) is 22.0 Å². The van der Waals surface area contributed by atoms with Crippen LogP contribution < -0.4 is 20.1 Å². The summed E-state index contributed by atoms with van der Waals surface area (Å²) in [4.78, 5) is 17.7. The summed E-state index contributed by atoms with van der Waals surface area (Å²) in [6.07, 6.45) is 1.74. The number of nitrogens with zero attached hydrogens (tertiary/aromatic N) is 1. The van der Waals surface area contributed by atoms with Gasteiger partial charge in [-0.15, -0.1) is 11.3 Å². The number of carbonyl (C=O) groups excluding carboxylic acids is 1. The Bertz CT molecular complexity index is 710. The molecule has 0 unspecified atom stereocenters. The molecular formula is C17H21N3O3S. The van der Waals surface area contributed by atoms with Crippen LogP contribution in [0.25, 0.3) is 0 Å². The van der Waals surface area contributed by atoms with Crippen LogP contribution in [0.15, 0.2) is 18.2 Å². The first-order valence-electron chi connectivity index (χ1n) is 7.99. The molecule has 2 heterocycles. The van der Waals surface area contributed by atoms with Gasteiger partial charge in [0.2, 0.25) is 0 Å². The minimum absolute atomic E-state index is 0.224. The molecule has 2 N–H and O–H groups in total. The number of thiazole rings is 1. The van der Waals surface area contributed by atoms with Gasteiger partial charge >= 0.3 is 6.03 Å². The third-order valence-corrected chi connectivity index (χ3v) is 4.86. The fourth-order valence-corrected chi connectivity index (χ4v) is 3.36. The summed E-state index contributed by atoms with van der Waals surface area (Å²) in [5, 5.41) is 6.79. The van der Waals surface area contributed by atoms with E-state index in [-0.39, 0.29) is 6.03 Å². The average Bonchev–Trinajstić information content (AvgIpc) is 2.89. The van der Waals surface area contributed by atoms with Crippen molar-refractivity contribution in [3.8, 4) is 11.5 Å². The molecule has 1 aliphatic rings. The minimum Gasteiger partial charge on any atom is -0.486 e. The molecule has 0 aliphatic carbocycles. The first-order chi connectivity index (χ1) is 11.6. The van der Waals surface area contributed by atoms with Crippen LogP contribution >= 0.6 is 11.3 Å². The highest BCUT2D eigenvalue weighted by Crippen LogP contribution is 2.32. The number of rotatable bonds is 5. The predicted octanol–water partition coefficient (Wildman–Crippen LogP) is 3.29. The van der Waals surface area contributed by atoms with Gasteiger partial charge in [0.05, 0.1) is 10.7 Å². The second-order valence-electron chi connectivity index (χ2n) is 5.59. The predicted molar refractivity (Wildman–Crippen MR) is 94.4 cm³/mol. The van der Waals surface area contributed by atoms with Crippen LogP contribution in [0.3, 0.4) is 0 Å². The van der Waals surface area contributed by atoms with Gasteiger partial charge in [0.1, 0.15) is 13.2 Å². The molecule has 1 aliphatic heterocycles. The van der Waals surface area contributed by atoms with Gasteiger partial charge in [-0.05, 0) is 32.4 Å². The molecule has 0 bridgehead atoms. The summed E-state index contributed by atoms with van der Waals surface area (Å²) >= 11 is 1.72. The number of aromatic nitrogens is 1. The molecule has 2 amide bonds. The largest absolute Gasteiger partial charge is 0.486 e. The third kappa shape index (κ3) is 4.17. The van der Waals surface area contributed by atoms with Gasteiger partial charge < -0.3 is 20.1 Å². The number of aryl methyl sites for hydroxylation is 3. The van der Waals surface area contributed by atoms with Crippen molar-refractivity contribution >= 4 is 23.1 Å². The smallest absolute Gasteiger partial charge is 0.319 e. The molecule has 3 rings (SSSR count). The molecule has 0 atom stereocenters. The van der Waals surface area contributed by atoms with Crippen molar-refractivity contribution in [2.45, 2.75) is 26.7 Å². The highest BCUT2D eigenvalue weighted by Gasteiger charge is 2.12. The maximum atomic E-state index is 11.9. The van der Waals surface area contributed by atoms with Crippen molar-refractivity contribution in [3.05, 3.63) is 33.8 Å². The zero-order chi connectivity index (χ0) is 16.9. The molecular weight excluding hydrogens is 326 g/mol. The standard InChI is InChI=1S/C17H21N3O3S/c1-11-12(2)24-16(19-11)4-3-7-18-17(21)20-13-5-6-14-15(10-13)23-9-8-22-14/h5-6,10H,3-4,7-9H2,1-2H3,(H2,18,20,21). The Labute approximate surface area is 145 Å². The molecule has 1 aromatic heterocycles. The molecule has 24 heavy (non-hydrogen) atoms. The SMILES string of the molecule is Cc1nc(CCCNC(=O)Nc2ccc3c(c2)OCCO3)sc1C. The van der Waals surface area contributed by atoms with E-state index in [2.05, 4.69) is 22.5 Å². The Morgan fingerprint density at radius 3 is 2.79 bits per heavy atom. The topological polar surface area (TPSA) is 72.5 Å².